The van der Waals surface area contributed by atoms with E-state index in [2.05, 4.69) is 32.9 Å². The first-order valence-corrected chi connectivity index (χ1v) is 14.4. The smallest absolute Gasteiger partial charge is 0.254 e. The summed E-state index contributed by atoms with van der Waals surface area (Å²) in [6.45, 7) is 7.57. The number of amides is 1. The zero-order chi connectivity index (χ0) is 24.6. The van der Waals surface area contributed by atoms with E-state index in [1.54, 1.807) is 17.0 Å². The van der Waals surface area contributed by atoms with Crippen molar-refractivity contribution < 1.29 is 17.9 Å². The first-order valence-electron chi connectivity index (χ1n) is 12.6. The van der Waals surface area contributed by atoms with Crippen molar-refractivity contribution in [3.63, 3.8) is 0 Å². The summed E-state index contributed by atoms with van der Waals surface area (Å²) in [7, 11) is -3.11. The van der Waals surface area contributed by atoms with Crippen molar-refractivity contribution in [2.75, 3.05) is 18.1 Å². The zero-order valence-corrected chi connectivity index (χ0v) is 21.6. The van der Waals surface area contributed by atoms with Crippen LogP contribution in [0.3, 0.4) is 0 Å². The summed E-state index contributed by atoms with van der Waals surface area (Å²) in [5, 5.41) is 0. The van der Waals surface area contributed by atoms with Gasteiger partial charge in [0.25, 0.3) is 5.91 Å². The van der Waals surface area contributed by atoms with Crippen LogP contribution in [-0.2, 0) is 16.4 Å². The Bertz CT molecular complexity index is 1010. The lowest BCUT2D eigenvalue weighted by Crippen LogP contribution is -2.40. The van der Waals surface area contributed by atoms with E-state index in [0.717, 1.165) is 17.7 Å². The molecular formula is C28H39NO4S. The van der Waals surface area contributed by atoms with Crippen LogP contribution in [0.2, 0.25) is 0 Å². The Hall–Kier alpha value is -2.34. The fraction of sp³-hybridized carbons (Fsp3) is 0.536. The van der Waals surface area contributed by atoms with Gasteiger partial charge in [0.2, 0.25) is 0 Å². The monoisotopic (exact) mass is 485 g/mol. The molecule has 1 saturated heterocycles. The molecule has 0 saturated carbocycles. The van der Waals surface area contributed by atoms with Gasteiger partial charge in [0.15, 0.2) is 9.84 Å². The number of hydrogen-bond donors (Lipinski definition) is 0. The Labute approximate surface area is 205 Å². The van der Waals surface area contributed by atoms with Gasteiger partial charge < -0.3 is 9.64 Å². The highest BCUT2D eigenvalue weighted by molar-refractivity contribution is 7.91. The van der Waals surface area contributed by atoms with Crippen LogP contribution in [0.5, 0.6) is 5.75 Å². The van der Waals surface area contributed by atoms with Crippen molar-refractivity contribution in [1.29, 1.82) is 0 Å². The van der Waals surface area contributed by atoms with Crippen molar-refractivity contribution in [2.24, 2.45) is 0 Å². The molecule has 2 aromatic carbocycles. The van der Waals surface area contributed by atoms with E-state index in [9.17, 15) is 13.2 Å². The summed E-state index contributed by atoms with van der Waals surface area (Å²) in [5.41, 5.74) is 2.80. The largest absolute Gasteiger partial charge is 0.494 e. The van der Waals surface area contributed by atoms with Gasteiger partial charge in [0.1, 0.15) is 5.75 Å². The minimum Gasteiger partial charge on any atom is -0.494 e. The van der Waals surface area contributed by atoms with Gasteiger partial charge in [0, 0.05) is 18.2 Å². The molecule has 1 heterocycles. The standard InChI is InChI=1S/C28H39NO4S/c1-4-5-6-7-8-18-33-27-15-13-25(14-16-27)28(30)29(26-17-19-34(31,32)21-26)20-23-9-11-24(12-10-23)22(2)3/h9-16,22,26H,4-8,17-21H2,1-3H3. The molecule has 1 unspecified atom stereocenters. The molecule has 1 amide bonds. The molecule has 1 atom stereocenters. The van der Waals surface area contributed by atoms with Crippen LogP contribution in [0.1, 0.15) is 86.7 Å². The van der Waals surface area contributed by atoms with Crippen molar-refractivity contribution in [3.05, 3.63) is 65.2 Å². The van der Waals surface area contributed by atoms with Gasteiger partial charge in [-0.15, -0.1) is 0 Å². The maximum absolute atomic E-state index is 13.5. The molecule has 0 radical (unpaired) electrons. The lowest BCUT2D eigenvalue weighted by molar-refractivity contribution is 0.0681. The highest BCUT2D eigenvalue weighted by Crippen LogP contribution is 2.24. The number of nitrogens with zero attached hydrogens (tertiary/aromatic N) is 1. The fourth-order valence-corrected chi connectivity index (χ4v) is 6.08. The molecule has 0 aliphatic carbocycles. The highest BCUT2D eigenvalue weighted by Gasteiger charge is 2.35. The van der Waals surface area contributed by atoms with Gasteiger partial charge in [-0.05, 0) is 54.2 Å². The van der Waals surface area contributed by atoms with E-state index in [1.807, 2.05) is 24.3 Å². The first kappa shape index (κ1) is 26.3. The van der Waals surface area contributed by atoms with E-state index in [0.29, 0.717) is 31.1 Å². The summed E-state index contributed by atoms with van der Waals surface area (Å²) in [6.07, 6.45) is 6.40. The van der Waals surface area contributed by atoms with E-state index in [4.69, 9.17) is 4.74 Å². The molecule has 5 nitrogen and oxygen atoms in total. The molecule has 3 rings (SSSR count). The van der Waals surface area contributed by atoms with Gasteiger partial charge in [-0.2, -0.15) is 0 Å². The third-order valence-electron chi connectivity index (χ3n) is 6.53. The molecule has 0 spiro atoms. The molecule has 1 fully saturated rings. The Morgan fingerprint density at radius 1 is 1.00 bits per heavy atom. The molecule has 1 aliphatic heterocycles. The van der Waals surface area contributed by atoms with Crippen LogP contribution in [0.25, 0.3) is 0 Å². The Balaban J connectivity index is 1.68. The first-order chi connectivity index (χ1) is 16.3. The molecule has 6 heteroatoms. The maximum atomic E-state index is 13.5. The summed E-state index contributed by atoms with van der Waals surface area (Å²) in [6, 6.07) is 15.2. The second kappa shape index (κ2) is 12.4. The van der Waals surface area contributed by atoms with E-state index < -0.39 is 9.84 Å². The van der Waals surface area contributed by atoms with Crippen LogP contribution >= 0.6 is 0 Å². The lowest BCUT2D eigenvalue weighted by Gasteiger charge is -2.29. The van der Waals surface area contributed by atoms with Crippen molar-refractivity contribution in [2.45, 2.75) is 77.8 Å². The summed E-state index contributed by atoms with van der Waals surface area (Å²) in [5.74, 6) is 1.22. The average Bonchev–Trinajstić information content (AvgIpc) is 3.19. The summed E-state index contributed by atoms with van der Waals surface area (Å²) < 4.78 is 30.1. The number of hydrogen-bond acceptors (Lipinski definition) is 4. The van der Waals surface area contributed by atoms with Crippen LogP contribution < -0.4 is 4.74 Å². The van der Waals surface area contributed by atoms with Gasteiger partial charge >= 0.3 is 0 Å². The normalized spacial score (nSPS) is 17.1. The molecular weight excluding hydrogens is 446 g/mol. The third kappa shape index (κ3) is 7.59. The number of benzene rings is 2. The van der Waals surface area contributed by atoms with Crippen molar-refractivity contribution >= 4 is 15.7 Å². The Morgan fingerprint density at radius 3 is 2.26 bits per heavy atom. The molecule has 0 bridgehead atoms. The minimum absolute atomic E-state index is 0.0298. The fourth-order valence-electron chi connectivity index (χ4n) is 4.35. The Morgan fingerprint density at radius 2 is 1.68 bits per heavy atom. The molecule has 0 aromatic heterocycles. The maximum Gasteiger partial charge on any atom is 0.254 e. The van der Waals surface area contributed by atoms with Crippen molar-refractivity contribution in [3.8, 4) is 5.75 Å². The molecule has 2 aromatic rings. The predicted molar refractivity (Wildman–Crippen MR) is 138 cm³/mol. The quantitative estimate of drug-likeness (QED) is 0.347. The average molecular weight is 486 g/mol. The number of rotatable bonds is 12. The second-order valence-corrected chi connectivity index (χ2v) is 11.9. The number of sulfone groups is 1. The molecule has 1 aliphatic rings. The Kier molecular flexibility index (Phi) is 9.57. The molecule has 0 N–H and O–H groups in total. The van der Waals surface area contributed by atoms with Gasteiger partial charge in [-0.1, -0.05) is 70.7 Å². The van der Waals surface area contributed by atoms with Crippen LogP contribution in [0.4, 0.5) is 0 Å². The number of ether oxygens (including phenoxy) is 1. The topological polar surface area (TPSA) is 63.7 Å². The third-order valence-corrected chi connectivity index (χ3v) is 8.28. The van der Waals surface area contributed by atoms with E-state index in [-0.39, 0.29) is 23.5 Å². The van der Waals surface area contributed by atoms with Crippen LogP contribution in [0, 0.1) is 0 Å². The molecule has 186 valence electrons. The van der Waals surface area contributed by atoms with E-state index >= 15 is 0 Å². The number of unbranched alkanes of at least 4 members (excludes halogenated alkanes) is 4. The van der Waals surface area contributed by atoms with E-state index in [1.165, 1.54) is 31.2 Å². The summed E-state index contributed by atoms with van der Waals surface area (Å²) in [4.78, 5) is 15.2. The van der Waals surface area contributed by atoms with Crippen LogP contribution in [-0.4, -0.2) is 43.4 Å². The molecule has 34 heavy (non-hydrogen) atoms. The zero-order valence-electron chi connectivity index (χ0n) is 20.8. The second-order valence-electron chi connectivity index (χ2n) is 9.67. The van der Waals surface area contributed by atoms with Gasteiger partial charge in [-0.25, -0.2) is 8.42 Å². The highest BCUT2D eigenvalue weighted by atomic mass is 32.2. The number of carbonyl (C=O) groups is 1. The van der Waals surface area contributed by atoms with Crippen LogP contribution in [0.15, 0.2) is 48.5 Å². The van der Waals surface area contributed by atoms with Gasteiger partial charge in [-0.3, -0.25) is 4.79 Å². The number of carbonyl (C=O) groups excluding carboxylic acids is 1. The SMILES string of the molecule is CCCCCCCOc1ccc(C(=O)N(Cc2ccc(C(C)C)cc2)C2CCS(=O)(=O)C2)cc1. The lowest BCUT2D eigenvalue weighted by atomic mass is 10.0. The van der Waals surface area contributed by atoms with Gasteiger partial charge in [0.05, 0.1) is 18.1 Å². The summed E-state index contributed by atoms with van der Waals surface area (Å²) >= 11 is 0. The minimum atomic E-state index is -3.11. The van der Waals surface area contributed by atoms with Crippen molar-refractivity contribution in [1.82, 2.24) is 4.90 Å². The predicted octanol–water partition coefficient (Wildman–Crippen LogP) is 5.99.